The molecule has 30 heavy (non-hydrogen) atoms. The average Bonchev–Trinajstić information content (AvgIpc) is 3.28. The molecule has 0 amide bonds. The Bertz CT molecular complexity index is 1010. The molecule has 0 radical (unpaired) electrons. The van der Waals surface area contributed by atoms with Crippen LogP contribution in [0.4, 0.5) is 0 Å². The average molecular weight is 408 g/mol. The number of ketones is 1. The Labute approximate surface area is 175 Å². The summed E-state index contributed by atoms with van der Waals surface area (Å²) in [7, 11) is 1.56. The molecule has 0 bridgehead atoms. The number of benzene rings is 2. The van der Waals surface area contributed by atoms with Crippen molar-refractivity contribution >= 4 is 5.78 Å². The lowest BCUT2D eigenvalue weighted by atomic mass is 10.00. The van der Waals surface area contributed by atoms with Crippen LogP contribution in [0.5, 0.6) is 11.5 Å². The summed E-state index contributed by atoms with van der Waals surface area (Å²) in [5.74, 6) is 2.00. The lowest BCUT2D eigenvalue weighted by Gasteiger charge is -2.18. The molecule has 0 N–H and O–H groups in total. The van der Waals surface area contributed by atoms with Crippen molar-refractivity contribution in [3.05, 3.63) is 59.5 Å². The highest BCUT2D eigenvalue weighted by Gasteiger charge is 2.25. The Morgan fingerprint density at radius 1 is 1.13 bits per heavy atom. The summed E-state index contributed by atoms with van der Waals surface area (Å²) in [5.41, 5.74) is 2.04. The number of carbonyl (C=O) groups is 1. The van der Waals surface area contributed by atoms with Crippen molar-refractivity contribution in [1.82, 2.24) is 10.1 Å². The number of ether oxygens (including phenoxy) is 3. The van der Waals surface area contributed by atoms with E-state index in [1.807, 2.05) is 30.3 Å². The van der Waals surface area contributed by atoms with Gasteiger partial charge in [-0.3, -0.25) is 4.79 Å². The van der Waals surface area contributed by atoms with Gasteiger partial charge in [0, 0.05) is 30.3 Å². The first-order valence-corrected chi connectivity index (χ1v) is 9.97. The molecule has 4 rings (SSSR count). The molecule has 0 saturated carbocycles. The fourth-order valence-electron chi connectivity index (χ4n) is 3.50. The van der Waals surface area contributed by atoms with Crippen LogP contribution in [0.2, 0.25) is 0 Å². The van der Waals surface area contributed by atoms with Gasteiger partial charge in [-0.2, -0.15) is 4.98 Å². The van der Waals surface area contributed by atoms with E-state index in [0.717, 1.165) is 18.4 Å². The van der Waals surface area contributed by atoms with Gasteiger partial charge in [0.25, 0.3) is 0 Å². The number of hydrogen-bond acceptors (Lipinski definition) is 7. The van der Waals surface area contributed by atoms with Crippen molar-refractivity contribution in [3.8, 4) is 22.9 Å². The van der Waals surface area contributed by atoms with Crippen LogP contribution in [0, 0.1) is 0 Å². The molecule has 2 heterocycles. The zero-order chi connectivity index (χ0) is 20.9. The van der Waals surface area contributed by atoms with E-state index in [4.69, 9.17) is 18.7 Å². The molecular formula is C23H24N2O5. The van der Waals surface area contributed by atoms with Crippen molar-refractivity contribution in [2.24, 2.45) is 0 Å². The van der Waals surface area contributed by atoms with E-state index in [2.05, 4.69) is 10.1 Å². The summed E-state index contributed by atoms with van der Waals surface area (Å²) < 4.78 is 22.4. The Kier molecular flexibility index (Phi) is 6.09. The van der Waals surface area contributed by atoms with Crippen LogP contribution in [0.3, 0.4) is 0 Å². The SMILES string of the molecule is COc1cc(-c2noc(C3CCOCC3)n2)c(C(C)=O)cc1OCc1ccccc1. The minimum atomic E-state index is -0.116. The Balaban J connectivity index is 1.64. The van der Waals surface area contributed by atoms with E-state index in [0.29, 0.717) is 54.2 Å². The highest BCUT2D eigenvalue weighted by atomic mass is 16.5. The van der Waals surface area contributed by atoms with E-state index in [-0.39, 0.29) is 11.7 Å². The van der Waals surface area contributed by atoms with E-state index < -0.39 is 0 Å². The number of hydrogen-bond donors (Lipinski definition) is 0. The normalized spacial score (nSPS) is 14.5. The molecule has 7 nitrogen and oxygen atoms in total. The molecule has 0 atom stereocenters. The van der Waals surface area contributed by atoms with Gasteiger partial charge >= 0.3 is 0 Å². The number of aromatic nitrogens is 2. The first-order chi connectivity index (χ1) is 14.7. The third kappa shape index (κ3) is 4.36. The number of nitrogens with zero attached hydrogens (tertiary/aromatic N) is 2. The predicted octanol–water partition coefficient (Wildman–Crippen LogP) is 4.42. The maximum Gasteiger partial charge on any atom is 0.230 e. The van der Waals surface area contributed by atoms with Gasteiger partial charge < -0.3 is 18.7 Å². The van der Waals surface area contributed by atoms with Crippen molar-refractivity contribution < 1.29 is 23.5 Å². The summed E-state index contributed by atoms with van der Waals surface area (Å²) in [6.45, 7) is 3.24. The molecule has 1 saturated heterocycles. The van der Waals surface area contributed by atoms with E-state index >= 15 is 0 Å². The van der Waals surface area contributed by atoms with Gasteiger partial charge in [0.15, 0.2) is 17.3 Å². The zero-order valence-corrected chi connectivity index (χ0v) is 17.1. The van der Waals surface area contributed by atoms with Crippen LogP contribution < -0.4 is 9.47 Å². The highest BCUT2D eigenvalue weighted by Crippen LogP contribution is 2.36. The van der Waals surface area contributed by atoms with Gasteiger partial charge in [-0.05, 0) is 37.5 Å². The lowest BCUT2D eigenvalue weighted by Crippen LogP contribution is -2.14. The predicted molar refractivity (Wildman–Crippen MR) is 110 cm³/mol. The van der Waals surface area contributed by atoms with Gasteiger partial charge in [0.05, 0.1) is 7.11 Å². The summed E-state index contributed by atoms with van der Waals surface area (Å²) in [5, 5.41) is 4.13. The molecule has 3 aromatic rings. The first kappa shape index (κ1) is 20.1. The fourth-order valence-corrected chi connectivity index (χ4v) is 3.50. The van der Waals surface area contributed by atoms with Crippen molar-refractivity contribution in [1.29, 1.82) is 0 Å². The van der Waals surface area contributed by atoms with Gasteiger partial charge in [-0.25, -0.2) is 0 Å². The molecule has 0 aliphatic carbocycles. The highest BCUT2D eigenvalue weighted by molar-refractivity contribution is 6.01. The van der Waals surface area contributed by atoms with Crippen LogP contribution in [0.1, 0.15) is 47.5 Å². The molecule has 0 spiro atoms. The standard InChI is InChI=1S/C23H24N2O5/c1-15(26)18-12-21(29-14-16-6-4-3-5-7-16)20(27-2)13-19(18)22-24-23(30-25-22)17-8-10-28-11-9-17/h3-7,12-13,17H,8-11,14H2,1-2H3. The van der Waals surface area contributed by atoms with Gasteiger partial charge in [0.1, 0.15) is 6.61 Å². The third-order valence-corrected chi connectivity index (χ3v) is 5.17. The second-order valence-electron chi connectivity index (χ2n) is 7.22. The van der Waals surface area contributed by atoms with Crippen LogP contribution >= 0.6 is 0 Å². The van der Waals surface area contributed by atoms with Crippen molar-refractivity contribution in [3.63, 3.8) is 0 Å². The molecule has 1 aliphatic heterocycles. The Morgan fingerprint density at radius 3 is 2.60 bits per heavy atom. The fraction of sp³-hybridized carbons (Fsp3) is 0.348. The number of carbonyl (C=O) groups excluding carboxylic acids is 1. The van der Waals surface area contributed by atoms with Crippen molar-refractivity contribution in [2.75, 3.05) is 20.3 Å². The molecule has 7 heteroatoms. The molecule has 1 fully saturated rings. The van der Waals surface area contributed by atoms with Crippen LogP contribution in [-0.4, -0.2) is 36.2 Å². The van der Waals surface area contributed by atoms with E-state index in [9.17, 15) is 4.79 Å². The molecule has 0 unspecified atom stereocenters. The van der Waals surface area contributed by atoms with Crippen LogP contribution in [0.25, 0.3) is 11.4 Å². The minimum Gasteiger partial charge on any atom is -0.493 e. The Hall–Kier alpha value is -3.19. The second kappa shape index (κ2) is 9.09. The van der Waals surface area contributed by atoms with E-state index in [1.54, 1.807) is 19.2 Å². The second-order valence-corrected chi connectivity index (χ2v) is 7.22. The molecule has 156 valence electrons. The summed E-state index contributed by atoms with van der Waals surface area (Å²) >= 11 is 0. The summed E-state index contributed by atoms with van der Waals surface area (Å²) in [6.07, 6.45) is 1.69. The number of Topliss-reactive ketones (excluding diaryl/α,β-unsaturated/α-hetero) is 1. The van der Waals surface area contributed by atoms with Crippen molar-refractivity contribution in [2.45, 2.75) is 32.3 Å². The minimum absolute atomic E-state index is 0.116. The zero-order valence-electron chi connectivity index (χ0n) is 17.1. The van der Waals surface area contributed by atoms with Crippen LogP contribution in [0.15, 0.2) is 47.0 Å². The van der Waals surface area contributed by atoms with Gasteiger partial charge in [-0.1, -0.05) is 35.5 Å². The van der Waals surface area contributed by atoms with Gasteiger partial charge in [-0.15, -0.1) is 0 Å². The molecule has 2 aromatic carbocycles. The molecule has 1 aliphatic rings. The van der Waals surface area contributed by atoms with Crippen LogP contribution in [-0.2, 0) is 11.3 Å². The van der Waals surface area contributed by atoms with E-state index in [1.165, 1.54) is 6.92 Å². The third-order valence-electron chi connectivity index (χ3n) is 5.17. The van der Waals surface area contributed by atoms with Gasteiger partial charge in [0.2, 0.25) is 11.7 Å². The number of methoxy groups -OCH3 is 1. The quantitative estimate of drug-likeness (QED) is 0.535. The maximum atomic E-state index is 12.4. The number of rotatable bonds is 7. The summed E-state index contributed by atoms with van der Waals surface area (Å²) in [6, 6.07) is 13.2. The summed E-state index contributed by atoms with van der Waals surface area (Å²) in [4.78, 5) is 16.9. The maximum absolute atomic E-state index is 12.4. The largest absolute Gasteiger partial charge is 0.493 e. The smallest absolute Gasteiger partial charge is 0.230 e. The molecular weight excluding hydrogens is 384 g/mol. The molecule has 1 aromatic heterocycles. The first-order valence-electron chi connectivity index (χ1n) is 9.97. The monoisotopic (exact) mass is 408 g/mol. The Morgan fingerprint density at radius 2 is 1.90 bits per heavy atom. The topological polar surface area (TPSA) is 83.7 Å². The lowest BCUT2D eigenvalue weighted by molar-refractivity contribution is 0.0778.